The van der Waals surface area contributed by atoms with Crippen molar-refractivity contribution in [3.05, 3.63) is 42.1 Å². The third-order valence-electron chi connectivity index (χ3n) is 4.90. The van der Waals surface area contributed by atoms with Crippen molar-refractivity contribution in [2.45, 2.75) is 31.4 Å². The molecule has 1 aromatic carbocycles. The molecule has 0 radical (unpaired) electrons. The molecule has 1 spiro atoms. The fraction of sp³-hybridized carbons (Fsp3) is 0.444. The van der Waals surface area contributed by atoms with Gasteiger partial charge in [-0.3, -0.25) is 9.88 Å². The van der Waals surface area contributed by atoms with E-state index in [4.69, 9.17) is 9.72 Å². The first kappa shape index (κ1) is 14.5. The summed E-state index contributed by atoms with van der Waals surface area (Å²) in [4.78, 5) is 18.5. The van der Waals surface area contributed by atoms with Gasteiger partial charge in [-0.25, -0.2) is 4.79 Å². The SMILES string of the molecule is O=C1NCC2(CCCN(Cc3ccc4ccccc4n3)CC2)O1. The molecule has 5 heteroatoms. The van der Waals surface area contributed by atoms with Crippen molar-refractivity contribution in [1.29, 1.82) is 0 Å². The zero-order valence-corrected chi connectivity index (χ0v) is 13.1. The van der Waals surface area contributed by atoms with Crippen LogP contribution >= 0.6 is 0 Å². The van der Waals surface area contributed by atoms with Crippen molar-refractivity contribution in [3.63, 3.8) is 0 Å². The standard InChI is InChI=1S/C18H21N3O2/c22-17-19-13-18(23-17)8-3-10-21(11-9-18)12-15-7-6-14-4-1-2-5-16(14)20-15/h1-2,4-7H,3,8-13H2,(H,19,22). The molecule has 1 unspecified atom stereocenters. The van der Waals surface area contributed by atoms with Gasteiger partial charge in [-0.1, -0.05) is 24.3 Å². The Hall–Kier alpha value is -2.14. The van der Waals surface area contributed by atoms with E-state index in [1.807, 2.05) is 12.1 Å². The number of rotatable bonds is 2. The molecule has 1 aromatic heterocycles. The summed E-state index contributed by atoms with van der Waals surface area (Å²) < 4.78 is 5.53. The van der Waals surface area contributed by atoms with E-state index in [-0.39, 0.29) is 11.7 Å². The molecule has 120 valence electrons. The molecule has 4 rings (SSSR count). The van der Waals surface area contributed by atoms with Crippen LogP contribution in [0.15, 0.2) is 36.4 Å². The fourth-order valence-corrected chi connectivity index (χ4v) is 3.59. The number of alkyl carbamates (subject to hydrolysis) is 1. The van der Waals surface area contributed by atoms with E-state index in [0.29, 0.717) is 6.54 Å². The Morgan fingerprint density at radius 2 is 2.09 bits per heavy atom. The van der Waals surface area contributed by atoms with Crippen LogP contribution in [-0.4, -0.2) is 41.2 Å². The number of fused-ring (bicyclic) bond motifs is 1. The van der Waals surface area contributed by atoms with Gasteiger partial charge in [0.25, 0.3) is 0 Å². The molecule has 1 amide bonds. The van der Waals surface area contributed by atoms with Gasteiger partial charge in [0.05, 0.1) is 17.8 Å². The quantitative estimate of drug-likeness (QED) is 0.926. The minimum absolute atomic E-state index is 0.269. The number of benzene rings is 1. The molecule has 1 atom stereocenters. The molecular formula is C18H21N3O2. The Kier molecular flexibility index (Phi) is 3.65. The normalized spacial score (nSPS) is 25.3. The number of carbonyl (C=O) groups is 1. The summed E-state index contributed by atoms with van der Waals surface area (Å²) in [5, 5.41) is 3.98. The molecule has 2 fully saturated rings. The molecule has 2 aromatic rings. The molecule has 3 heterocycles. The molecule has 23 heavy (non-hydrogen) atoms. The van der Waals surface area contributed by atoms with E-state index in [9.17, 15) is 4.79 Å². The predicted octanol–water partition coefficient (Wildman–Crippen LogP) is 2.70. The zero-order valence-electron chi connectivity index (χ0n) is 13.1. The predicted molar refractivity (Wildman–Crippen MR) is 88.1 cm³/mol. The van der Waals surface area contributed by atoms with Crippen LogP contribution in [0.3, 0.4) is 0 Å². The fourth-order valence-electron chi connectivity index (χ4n) is 3.59. The monoisotopic (exact) mass is 311 g/mol. The summed E-state index contributed by atoms with van der Waals surface area (Å²) in [7, 11) is 0. The van der Waals surface area contributed by atoms with E-state index in [0.717, 1.165) is 50.1 Å². The third-order valence-corrected chi connectivity index (χ3v) is 4.90. The number of carbonyl (C=O) groups excluding carboxylic acids is 1. The molecule has 1 N–H and O–H groups in total. The van der Waals surface area contributed by atoms with Crippen LogP contribution in [0.5, 0.6) is 0 Å². The van der Waals surface area contributed by atoms with Crippen molar-refractivity contribution >= 4 is 17.0 Å². The van der Waals surface area contributed by atoms with Crippen molar-refractivity contribution < 1.29 is 9.53 Å². The number of nitrogens with one attached hydrogen (secondary N) is 1. The number of para-hydroxylation sites is 1. The topological polar surface area (TPSA) is 54.5 Å². The Bertz CT molecular complexity index is 733. The van der Waals surface area contributed by atoms with Gasteiger partial charge in [0.1, 0.15) is 5.60 Å². The van der Waals surface area contributed by atoms with Gasteiger partial charge in [0.2, 0.25) is 0 Å². The number of hydrogen-bond donors (Lipinski definition) is 1. The van der Waals surface area contributed by atoms with Crippen molar-refractivity contribution in [2.24, 2.45) is 0 Å². The average molecular weight is 311 g/mol. The number of nitrogens with zero attached hydrogens (tertiary/aromatic N) is 2. The average Bonchev–Trinajstić information content (AvgIpc) is 2.82. The second-order valence-electron chi connectivity index (χ2n) is 6.55. The largest absolute Gasteiger partial charge is 0.441 e. The van der Waals surface area contributed by atoms with E-state index in [1.54, 1.807) is 0 Å². The molecule has 5 nitrogen and oxygen atoms in total. The summed E-state index contributed by atoms with van der Waals surface area (Å²) in [6.07, 6.45) is 2.60. The van der Waals surface area contributed by atoms with E-state index in [1.165, 1.54) is 5.39 Å². The van der Waals surface area contributed by atoms with Crippen molar-refractivity contribution in [2.75, 3.05) is 19.6 Å². The zero-order chi connectivity index (χ0) is 15.7. The molecule has 2 aliphatic heterocycles. The van der Waals surface area contributed by atoms with Crippen LogP contribution in [-0.2, 0) is 11.3 Å². The van der Waals surface area contributed by atoms with Crippen LogP contribution in [0, 0.1) is 0 Å². The van der Waals surface area contributed by atoms with Gasteiger partial charge >= 0.3 is 6.09 Å². The Morgan fingerprint density at radius 3 is 2.96 bits per heavy atom. The van der Waals surface area contributed by atoms with Crippen LogP contribution in [0.25, 0.3) is 10.9 Å². The third kappa shape index (κ3) is 3.01. The number of hydrogen-bond acceptors (Lipinski definition) is 4. The van der Waals surface area contributed by atoms with Crippen LogP contribution in [0.2, 0.25) is 0 Å². The summed E-state index contributed by atoms with van der Waals surface area (Å²) in [6.45, 7) is 3.45. The maximum atomic E-state index is 11.4. The number of aromatic nitrogens is 1. The van der Waals surface area contributed by atoms with Crippen LogP contribution in [0.4, 0.5) is 4.79 Å². The number of ether oxygens (including phenoxy) is 1. The Morgan fingerprint density at radius 1 is 1.17 bits per heavy atom. The van der Waals surface area contributed by atoms with E-state index in [2.05, 4.69) is 34.5 Å². The first-order valence-corrected chi connectivity index (χ1v) is 8.26. The van der Waals surface area contributed by atoms with Gasteiger partial charge in [-0.2, -0.15) is 0 Å². The highest BCUT2D eigenvalue weighted by atomic mass is 16.6. The highest BCUT2D eigenvalue weighted by molar-refractivity contribution is 5.78. The molecule has 2 aliphatic rings. The summed E-state index contributed by atoms with van der Waals surface area (Å²) in [6, 6.07) is 12.5. The first-order valence-electron chi connectivity index (χ1n) is 8.26. The van der Waals surface area contributed by atoms with Crippen LogP contribution < -0.4 is 5.32 Å². The lowest BCUT2D eigenvalue weighted by atomic mass is 9.95. The Balaban J connectivity index is 1.45. The number of likely N-dealkylation sites (tertiary alicyclic amines) is 1. The highest BCUT2D eigenvalue weighted by Gasteiger charge is 2.41. The second kappa shape index (κ2) is 5.81. The van der Waals surface area contributed by atoms with Gasteiger partial charge in [0.15, 0.2) is 0 Å². The molecular weight excluding hydrogens is 290 g/mol. The number of pyridine rings is 1. The van der Waals surface area contributed by atoms with Gasteiger partial charge in [-0.15, -0.1) is 0 Å². The van der Waals surface area contributed by atoms with Crippen molar-refractivity contribution in [3.8, 4) is 0 Å². The summed E-state index contributed by atoms with van der Waals surface area (Å²) in [5.41, 5.74) is 1.86. The smallest absolute Gasteiger partial charge is 0.407 e. The lowest BCUT2D eigenvalue weighted by molar-refractivity contribution is 0.0443. The minimum Gasteiger partial charge on any atom is -0.441 e. The summed E-state index contributed by atoms with van der Waals surface area (Å²) >= 11 is 0. The molecule has 0 bridgehead atoms. The maximum absolute atomic E-state index is 11.4. The van der Waals surface area contributed by atoms with Gasteiger partial charge < -0.3 is 10.1 Å². The highest BCUT2D eigenvalue weighted by Crippen LogP contribution is 2.29. The molecule has 2 saturated heterocycles. The minimum atomic E-state index is -0.289. The second-order valence-corrected chi connectivity index (χ2v) is 6.55. The lowest BCUT2D eigenvalue weighted by Gasteiger charge is -2.24. The first-order chi connectivity index (χ1) is 11.2. The van der Waals surface area contributed by atoms with Gasteiger partial charge in [0, 0.05) is 24.9 Å². The summed E-state index contributed by atoms with van der Waals surface area (Å²) in [5.74, 6) is 0. The number of amides is 1. The van der Waals surface area contributed by atoms with Gasteiger partial charge in [-0.05, 0) is 31.5 Å². The van der Waals surface area contributed by atoms with Crippen LogP contribution in [0.1, 0.15) is 25.0 Å². The van der Waals surface area contributed by atoms with Crippen molar-refractivity contribution in [1.82, 2.24) is 15.2 Å². The van der Waals surface area contributed by atoms with E-state index >= 15 is 0 Å². The molecule has 0 aliphatic carbocycles. The molecule has 0 saturated carbocycles. The maximum Gasteiger partial charge on any atom is 0.407 e. The Labute approximate surface area is 135 Å². The lowest BCUT2D eigenvalue weighted by Crippen LogP contribution is -2.34. The van der Waals surface area contributed by atoms with E-state index < -0.39 is 0 Å².